The Morgan fingerprint density at radius 1 is 1.23 bits per heavy atom. The van der Waals surface area contributed by atoms with Crippen LogP contribution in [-0.2, 0) is 11.4 Å². The van der Waals surface area contributed by atoms with E-state index in [1.807, 2.05) is 28.8 Å². The molecule has 0 aliphatic heterocycles. The van der Waals surface area contributed by atoms with Crippen LogP contribution in [0.25, 0.3) is 16.9 Å². The number of carbonyl (C=O) groups is 1. The molecule has 3 N–H and O–H groups in total. The molecule has 0 spiro atoms. The standard InChI is InChI=1S/C19H19ClF3N5O2/c20-5-7-30-26-10-13-4-6-28-16(11-24-17(28)8-13)14-2-1-3-15(9-14)27-18(29)25-12-19(21,22)23/h1-4,6,8-9,11,26H,5,7,10,12H2,(H2,25,27,29). The first-order chi connectivity index (χ1) is 14.4. The van der Waals surface area contributed by atoms with Gasteiger partial charge in [0.15, 0.2) is 0 Å². The molecule has 0 aliphatic rings. The number of pyridine rings is 1. The van der Waals surface area contributed by atoms with Gasteiger partial charge in [-0.05, 0) is 29.8 Å². The van der Waals surface area contributed by atoms with Gasteiger partial charge in [0, 0.05) is 29.9 Å². The summed E-state index contributed by atoms with van der Waals surface area (Å²) < 4.78 is 38.5. The number of hydrogen-bond acceptors (Lipinski definition) is 4. The minimum Gasteiger partial charge on any atom is -0.329 e. The number of alkyl halides is 4. The van der Waals surface area contributed by atoms with Gasteiger partial charge in [-0.1, -0.05) is 12.1 Å². The van der Waals surface area contributed by atoms with E-state index >= 15 is 0 Å². The van der Waals surface area contributed by atoms with Crippen LogP contribution in [0.15, 0.2) is 48.8 Å². The first kappa shape index (κ1) is 21.9. The van der Waals surface area contributed by atoms with E-state index in [1.165, 1.54) is 0 Å². The maximum Gasteiger partial charge on any atom is 0.405 e. The highest BCUT2D eigenvalue weighted by Gasteiger charge is 2.27. The van der Waals surface area contributed by atoms with Crippen LogP contribution in [0.4, 0.5) is 23.7 Å². The predicted octanol–water partition coefficient (Wildman–Crippen LogP) is 3.95. The van der Waals surface area contributed by atoms with Gasteiger partial charge in [-0.2, -0.15) is 18.7 Å². The van der Waals surface area contributed by atoms with Crippen molar-refractivity contribution in [1.29, 1.82) is 0 Å². The molecule has 0 atom stereocenters. The van der Waals surface area contributed by atoms with Gasteiger partial charge in [-0.3, -0.25) is 4.40 Å². The fourth-order valence-corrected chi connectivity index (χ4v) is 2.78. The summed E-state index contributed by atoms with van der Waals surface area (Å²) in [6.07, 6.45) is -0.938. The normalized spacial score (nSPS) is 11.6. The SMILES string of the molecule is O=C(NCC(F)(F)F)Nc1cccc(-c2cnc3cc(CNOCCCl)ccn23)c1. The van der Waals surface area contributed by atoms with Crippen LogP contribution < -0.4 is 16.1 Å². The topological polar surface area (TPSA) is 79.7 Å². The summed E-state index contributed by atoms with van der Waals surface area (Å²) in [7, 11) is 0. The molecule has 3 rings (SSSR count). The zero-order valence-electron chi connectivity index (χ0n) is 15.7. The van der Waals surface area contributed by atoms with Gasteiger partial charge in [0.05, 0.1) is 18.5 Å². The molecular weight excluding hydrogens is 423 g/mol. The zero-order valence-corrected chi connectivity index (χ0v) is 16.4. The van der Waals surface area contributed by atoms with Gasteiger partial charge < -0.3 is 15.5 Å². The Bertz CT molecular complexity index is 1010. The Hall–Kier alpha value is -2.82. The van der Waals surface area contributed by atoms with Crippen LogP contribution in [0, 0.1) is 0 Å². The van der Waals surface area contributed by atoms with Crippen molar-refractivity contribution >= 4 is 29.0 Å². The number of imidazole rings is 1. The van der Waals surface area contributed by atoms with E-state index in [-0.39, 0.29) is 0 Å². The van der Waals surface area contributed by atoms with Crippen molar-refractivity contribution in [3.8, 4) is 11.3 Å². The summed E-state index contributed by atoms with van der Waals surface area (Å²) in [5.41, 5.74) is 6.36. The number of amides is 2. The lowest BCUT2D eigenvalue weighted by molar-refractivity contribution is -0.122. The molecule has 7 nitrogen and oxygen atoms in total. The molecule has 1 aromatic carbocycles. The number of benzene rings is 1. The van der Waals surface area contributed by atoms with Gasteiger partial charge in [0.2, 0.25) is 0 Å². The number of carbonyl (C=O) groups excluding carboxylic acids is 1. The lowest BCUT2D eigenvalue weighted by Crippen LogP contribution is -2.36. The van der Waals surface area contributed by atoms with E-state index in [1.54, 1.807) is 29.7 Å². The van der Waals surface area contributed by atoms with Gasteiger partial charge in [-0.15, -0.1) is 11.6 Å². The number of nitrogens with zero attached hydrogens (tertiary/aromatic N) is 2. The highest BCUT2D eigenvalue weighted by atomic mass is 35.5. The third kappa shape index (κ3) is 6.09. The third-order valence-corrected chi connectivity index (χ3v) is 4.16. The third-order valence-electron chi connectivity index (χ3n) is 4.00. The van der Waals surface area contributed by atoms with E-state index in [2.05, 4.69) is 15.8 Å². The molecule has 2 aromatic heterocycles. The Labute approximate surface area is 175 Å². The minimum atomic E-state index is -4.47. The monoisotopic (exact) mass is 441 g/mol. The number of urea groups is 1. The first-order valence-electron chi connectivity index (χ1n) is 8.94. The van der Waals surface area contributed by atoms with Gasteiger partial charge in [-0.25, -0.2) is 9.78 Å². The Morgan fingerprint density at radius 2 is 2.07 bits per heavy atom. The lowest BCUT2D eigenvalue weighted by atomic mass is 10.1. The van der Waals surface area contributed by atoms with Crippen molar-refractivity contribution in [2.24, 2.45) is 0 Å². The molecule has 0 radical (unpaired) electrons. The predicted molar refractivity (Wildman–Crippen MR) is 107 cm³/mol. The van der Waals surface area contributed by atoms with E-state index < -0.39 is 18.8 Å². The van der Waals surface area contributed by atoms with Gasteiger partial charge in [0.25, 0.3) is 0 Å². The maximum absolute atomic E-state index is 12.2. The summed E-state index contributed by atoms with van der Waals surface area (Å²) in [5, 5.41) is 4.17. The smallest absolute Gasteiger partial charge is 0.329 e. The summed E-state index contributed by atoms with van der Waals surface area (Å²) in [5.74, 6) is 0.396. The molecule has 2 amide bonds. The van der Waals surface area contributed by atoms with Gasteiger partial charge >= 0.3 is 12.2 Å². The highest BCUT2D eigenvalue weighted by Crippen LogP contribution is 2.24. The van der Waals surface area contributed by atoms with Crippen LogP contribution in [0.2, 0.25) is 0 Å². The molecule has 11 heteroatoms. The number of fused-ring (bicyclic) bond motifs is 1. The van der Waals surface area contributed by atoms with Crippen LogP contribution in [0.1, 0.15) is 5.56 Å². The molecule has 0 aliphatic carbocycles. The van der Waals surface area contributed by atoms with Crippen LogP contribution in [0.3, 0.4) is 0 Å². The average molecular weight is 442 g/mol. The number of nitrogens with one attached hydrogen (secondary N) is 3. The zero-order chi connectivity index (χ0) is 21.6. The molecule has 0 unspecified atom stereocenters. The summed E-state index contributed by atoms with van der Waals surface area (Å²) in [6.45, 7) is -0.516. The Morgan fingerprint density at radius 3 is 2.83 bits per heavy atom. The van der Waals surface area contributed by atoms with Crippen molar-refractivity contribution in [3.05, 3.63) is 54.4 Å². The van der Waals surface area contributed by atoms with E-state index in [4.69, 9.17) is 16.4 Å². The molecule has 0 fully saturated rings. The van der Waals surface area contributed by atoms with Crippen LogP contribution >= 0.6 is 11.6 Å². The number of hydroxylamine groups is 1. The molecular formula is C19H19ClF3N5O2. The Balaban J connectivity index is 1.71. The quantitative estimate of drug-likeness (QED) is 0.281. The molecule has 2 heterocycles. The van der Waals surface area contributed by atoms with E-state index in [0.29, 0.717) is 30.4 Å². The second-order valence-electron chi connectivity index (χ2n) is 6.27. The summed E-state index contributed by atoms with van der Waals surface area (Å²) in [4.78, 5) is 21.2. The highest BCUT2D eigenvalue weighted by molar-refractivity contribution is 6.17. The molecule has 0 saturated heterocycles. The van der Waals surface area contributed by atoms with Gasteiger partial charge in [0.1, 0.15) is 12.2 Å². The van der Waals surface area contributed by atoms with Crippen molar-refractivity contribution < 1.29 is 22.8 Å². The fraction of sp³-hybridized carbons (Fsp3) is 0.263. The number of hydrogen-bond donors (Lipinski definition) is 3. The lowest BCUT2D eigenvalue weighted by Gasteiger charge is -2.11. The van der Waals surface area contributed by atoms with Crippen molar-refractivity contribution in [3.63, 3.8) is 0 Å². The average Bonchev–Trinajstić information content (AvgIpc) is 3.13. The summed E-state index contributed by atoms with van der Waals surface area (Å²) in [6, 6.07) is 9.63. The fourth-order valence-electron chi connectivity index (χ4n) is 2.70. The molecule has 0 bridgehead atoms. The van der Waals surface area contributed by atoms with E-state index in [9.17, 15) is 18.0 Å². The number of halogens is 4. The molecule has 30 heavy (non-hydrogen) atoms. The van der Waals surface area contributed by atoms with Crippen LogP contribution in [-0.4, -0.2) is 40.6 Å². The maximum atomic E-state index is 12.2. The van der Waals surface area contributed by atoms with Crippen molar-refractivity contribution in [1.82, 2.24) is 20.2 Å². The summed E-state index contributed by atoms with van der Waals surface area (Å²) >= 11 is 5.54. The molecule has 160 valence electrons. The second kappa shape index (κ2) is 9.79. The largest absolute Gasteiger partial charge is 0.405 e. The number of rotatable bonds is 8. The molecule has 0 saturated carbocycles. The molecule has 3 aromatic rings. The number of anilines is 1. The van der Waals surface area contributed by atoms with Crippen LogP contribution in [0.5, 0.6) is 0 Å². The first-order valence-corrected chi connectivity index (χ1v) is 9.48. The second-order valence-corrected chi connectivity index (χ2v) is 6.65. The van der Waals surface area contributed by atoms with Crippen molar-refractivity contribution in [2.45, 2.75) is 12.7 Å². The van der Waals surface area contributed by atoms with E-state index in [0.717, 1.165) is 16.8 Å². The minimum absolute atomic E-state index is 0.361. The van der Waals surface area contributed by atoms with Crippen molar-refractivity contribution in [2.75, 3.05) is 24.3 Å². The Kier molecular flexibility index (Phi) is 7.14. The number of aromatic nitrogens is 2.